The first-order valence-electron chi connectivity index (χ1n) is 7.41. The molecule has 0 saturated carbocycles. The lowest BCUT2D eigenvalue weighted by atomic mass is 10.3. The molecule has 1 aromatic carbocycles. The zero-order chi connectivity index (χ0) is 17.5. The number of sulfonamides is 1. The number of aromatic amines is 1. The Morgan fingerprint density at radius 2 is 2.08 bits per heavy atom. The van der Waals surface area contributed by atoms with Crippen molar-refractivity contribution in [2.45, 2.75) is 18.4 Å². The number of hydrogen-bond donors (Lipinski definition) is 2. The van der Waals surface area contributed by atoms with Crippen molar-refractivity contribution in [1.29, 1.82) is 0 Å². The van der Waals surface area contributed by atoms with Crippen LogP contribution in [-0.4, -0.2) is 47.2 Å². The zero-order valence-electron chi connectivity index (χ0n) is 14.0. The fraction of sp³-hybridized carbons (Fsp3) is 0.333. The molecular weight excluding hydrogens is 328 g/mol. The van der Waals surface area contributed by atoms with E-state index in [9.17, 15) is 8.42 Å². The molecule has 24 heavy (non-hydrogen) atoms. The topological polar surface area (TPSA) is 95.9 Å². The highest BCUT2D eigenvalue weighted by Crippen LogP contribution is 2.22. The van der Waals surface area contributed by atoms with Crippen LogP contribution in [0.5, 0.6) is 0 Å². The first-order valence-corrected chi connectivity index (χ1v) is 8.89. The van der Waals surface area contributed by atoms with E-state index >= 15 is 0 Å². The Bertz CT molecular complexity index is 987. The Morgan fingerprint density at radius 3 is 2.71 bits per heavy atom. The molecule has 0 atom stereocenters. The van der Waals surface area contributed by atoms with E-state index in [1.54, 1.807) is 32.2 Å². The highest BCUT2D eigenvalue weighted by molar-refractivity contribution is 7.92. The summed E-state index contributed by atoms with van der Waals surface area (Å²) in [7, 11) is 1.93. The number of benzene rings is 1. The third kappa shape index (κ3) is 3.26. The normalized spacial score (nSPS) is 12.2. The summed E-state index contributed by atoms with van der Waals surface area (Å²) in [6.45, 7) is 2.35. The van der Waals surface area contributed by atoms with Gasteiger partial charge in [0.2, 0.25) is 0 Å². The molecule has 0 aliphatic rings. The molecule has 9 heteroatoms. The Balaban J connectivity index is 1.91. The predicted octanol–water partition coefficient (Wildman–Crippen LogP) is 1.47. The van der Waals surface area contributed by atoms with Crippen molar-refractivity contribution in [2.75, 3.05) is 18.8 Å². The maximum atomic E-state index is 12.5. The molecule has 0 fully saturated rings. The third-order valence-corrected chi connectivity index (χ3v) is 4.99. The van der Waals surface area contributed by atoms with Crippen LogP contribution in [0, 0.1) is 6.92 Å². The van der Waals surface area contributed by atoms with Crippen molar-refractivity contribution in [3.8, 4) is 0 Å². The van der Waals surface area contributed by atoms with Gasteiger partial charge in [-0.1, -0.05) is 0 Å². The smallest absolute Gasteiger partial charge is 0.265 e. The summed E-state index contributed by atoms with van der Waals surface area (Å²) in [6.07, 6.45) is 1.49. The van der Waals surface area contributed by atoms with Crippen LogP contribution in [0.3, 0.4) is 0 Å². The number of nitrogens with zero attached hydrogens (tertiary/aromatic N) is 4. The number of fused-ring (bicyclic) bond motifs is 1. The van der Waals surface area contributed by atoms with E-state index in [0.717, 1.165) is 16.9 Å². The summed E-state index contributed by atoms with van der Waals surface area (Å²) in [5.74, 6) is 0.832. The first kappa shape index (κ1) is 16.5. The molecule has 0 bridgehead atoms. The summed E-state index contributed by atoms with van der Waals surface area (Å²) in [5, 5.41) is 4.08. The van der Waals surface area contributed by atoms with E-state index < -0.39 is 10.0 Å². The van der Waals surface area contributed by atoms with Crippen molar-refractivity contribution >= 4 is 26.7 Å². The van der Waals surface area contributed by atoms with Crippen LogP contribution in [0.25, 0.3) is 11.0 Å². The van der Waals surface area contributed by atoms with Crippen LogP contribution in [0.4, 0.5) is 5.69 Å². The summed E-state index contributed by atoms with van der Waals surface area (Å²) in [4.78, 5) is 9.86. The molecule has 2 heterocycles. The van der Waals surface area contributed by atoms with Gasteiger partial charge in [0.15, 0.2) is 0 Å². The minimum atomic E-state index is -3.68. The van der Waals surface area contributed by atoms with Crippen LogP contribution < -0.4 is 4.72 Å². The Morgan fingerprint density at radius 1 is 1.33 bits per heavy atom. The van der Waals surface area contributed by atoms with Gasteiger partial charge in [0.1, 0.15) is 10.7 Å². The van der Waals surface area contributed by atoms with E-state index in [1.165, 1.54) is 10.9 Å². The Hall–Kier alpha value is -2.39. The monoisotopic (exact) mass is 348 g/mol. The maximum absolute atomic E-state index is 12.5. The minimum Gasteiger partial charge on any atom is -0.341 e. The van der Waals surface area contributed by atoms with Crippen LogP contribution in [0.1, 0.15) is 11.5 Å². The molecule has 0 unspecified atom stereocenters. The number of anilines is 1. The number of aryl methyl sites for hydroxylation is 2. The number of imidazole rings is 1. The molecular formula is C15H20N6O2S. The molecule has 2 aromatic heterocycles. The highest BCUT2D eigenvalue weighted by Gasteiger charge is 2.20. The fourth-order valence-corrected chi connectivity index (χ4v) is 3.82. The van der Waals surface area contributed by atoms with Crippen LogP contribution in [0.15, 0.2) is 29.3 Å². The number of nitrogens with one attached hydrogen (secondary N) is 2. The van der Waals surface area contributed by atoms with E-state index in [4.69, 9.17) is 0 Å². The zero-order valence-corrected chi connectivity index (χ0v) is 14.8. The second kappa shape index (κ2) is 5.91. The number of H-pyrrole nitrogens is 1. The predicted molar refractivity (Wildman–Crippen MR) is 92.2 cm³/mol. The quantitative estimate of drug-likeness (QED) is 0.728. The summed E-state index contributed by atoms with van der Waals surface area (Å²) >= 11 is 0. The average Bonchev–Trinajstić information content (AvgIpc) is 2.99. The first-order chi connectivity index (χ1) is 11.2. The van der Waals surface area contributed by atoms with Crippen LogP contribution in [-0.2, 0) is 23.6 Å². The van der Waals surface area contributed by atoms with Gasteiger partial charge in [-0.15, -0.1) is 0 Å². The lowest BCUT2D eigenvalue weighted by Crippen LogP contribution is -2.13. The van der Waals surface area contributed by atoms with Crippen molar-refractivity contribution in [2.24, 2.45) is 7.05 Å². The van der Waals surface area contributed by atoms with Gasteiger partial charge in [-0.2, -0.15) is 5.10 Å². The van der Waals surface area contributed by atoms with Gasteiger partial charge in [0.25, 0.3) is 10.0 Å². The second-order valence-electron chi connectivity index (χ2n) is 6.01. The molecule has 128 valence electrons. The van der Waals surface area contributed by atoms with Gasteiger partial charge in [-0.3, -0.25) is 9.40 Å². The van der Waals surface area contributed by atoms with E-state index in [-0.39, 0.29) is 4.90 Å². The Kier molecular flexibility index (Phi) is 4.06. The molecule has 2 N–H and O–H groups in total. The van der Waals surface area contributed by atoms with Crippen molar-refractivity contribution in [1.82, 2.24) is 24.6 Å². The number of rotatable bonds is 5. The van der Waals surface area contributed by atoms with E-state index in [1.807, 2.05) is 19.0 Å². The number of aromatic nitrogens is 4. The van der Waals surface area contributed by atoms with Gasteiger partial charge in [0, 0.05) is 13.2 Å². The van der Waals surface area contributed by atoms with Gasteiger partial charge in [-0.25, -0.2) is 13.4 Å². The molecule has 0 spiro atoms. The average molecular weight is 348 g/mol. The molecule has 0 saturated heterocycles. The van der Waals surface area contributed by atoms with E-state index in [2.05, 4.69) is 19.8 Å². The Labute approximate surface area is 140 Å². The molecule has 8 nitrogen and oxygen atoms in total. The third-order valence-electron chi connectivity index (χ3n) is 3.51. The van der Waals surface area contributed by atoms with Crippen LogP contribution >= 0.6 is 0 Å². The van der Waals surface area contributed by atoms with Crippen molar-refractivity contribution in [3.05, 3.63) is 35.9 Å². The lowest BCUT2D eigenvalue weighted by molar-refractivity contribution is 0.392. The van der Waals surface area contributed by atoms with Crippen LogP contribution in [0.2, 0.25) is 0 Å². The second-order valence-corrected chi connectivity index (χ2v) is 7.66. The van der Waals surface area contributed by atoms with Crippen molar-refractivity contribution < 1.29 is 8.42 Å². The van der Waals surface area contributed by atoms with Crippen molar-refractivity contribution in [3.63, 3.8) is 0 Å². The summed E-state index contributed by atoms with van der Waals surface area (Å²) < 4.78 is 29.1. The van der Waals surface area contributed by atoms with Gasteiger partial charge in [-0.05, 0) is 39.2 Å². The van der Waals surface area contributed by atoms with Gasteiger partial charge >= 0.3 is 0 Å². The molecule has 0 aliphatic carbocycles. The maximum Gasteiger partial charge on any atom is 0.265 e. The molecule has 0 radical (unpaired) electrons. The minimum absolute atomic E-state index is 0.169. The largest absolute Gasteiger partial charge is 0.341 e. The number of hydrogen-bond acceptors (Lipinski definition) is 5. The molecule has 3 aromatic rings. The molecule has 3 rings (SSSR count). The lowest BCUT2D eigenvalue weighted by Gasteiger charge is -2.06. The van der Waals surface area contributed by atoms with Gasteiger partial charge < -0.3 is 9.88 Å². The fourth-order valence-electron chi connectivity index (χ4n) is 2.55. The SMILES string of the molecule is Cc1nn(C)cc1S(=O)(=O)Nc1ccc2nc(CN(C)C)[nH]c2c1. The van der Waals surface area contributed by atoms with E-state index in [0.29, 0.717) is 17.9 Å². The summed E-state index contributed by atoms with van der Waals surface area (Å²) in [5.41, 5.74) is 2.52. The summed E-state index contributed by atoms with van der Waals surface area (Å²) in [6, 6.07) is 5.23. The molecule has 0 aliphatic heterocycles. The molecule has 0 amide bonds. The van der Waals surface area contributed by atoms with Gasteiger partial charge in [0.05, 0.1) is 29.0 Å². The highest BCUT2D eigenvalue weighted by atomic mass is 32.2. The standard InChI is InChI=1S/C15H20N6O2S/c1-10-14(8-21(4)18-10)24(22,23)19-11-5-6-12-13(7-11)17-15(16-12)9-20(2)3/h5-8,19H,9H2,1-4H3,(H,16,17).